The van der Waals surface area contributed by atoms with Gasteiger partial charge in [0.25, 0.3) is 11.5 Å². The molecule has 2 aromatic rings. The summed E-state index contributed by atoms with van der Waals surface area (Å²) in [6.45, 7) is 3.96. The van der Waals surface area contributed by atoms with E-state index in [0.29, 0.717) is 39.0 Å². The van der Waals surface area contributed by atoms with Gasteiger partial charge in [0.15, 0.2) is 0 Å². The van der Waals surface area contributed by atoms with Crippen LogP contribution < -0.4 is 5.56 Å². The normalized spacial score (nSPS) is 17.1. The molecule has 152 valence electrons. The van der Waals surface area contributed by atoms with Crippen molar-refractivity contribution in [3.05, 3.63) is 63.9 Å². The van der Waals surface area contributed by atoms with E-state index in [1.807, 2.05) is 19.1 Å². The Balaban J connectivity index is 1.59. The standard InChI is InChI=1S/C21H25N5O3/c1-2-17(26-11-6-8-23-26)20(28)25-12-7-16-15(14-25)13-22-19(27)18(16)21(29)24-9-4-3-5-10-24/h3-4,6,8,11,13,17H,2,5,7,9-10,12,14H2,1H3,(H,22,27). The molecule has 0 aromatic carbocycles. The third-order valence-electron chi connectivity index (χ3n) is 5.67. The zero-order chi connectivity index (χ0) is 20.4. The number of pyridine rings is 1. The number of nitrogens with one attached hydrogen (secondary N) is 1. The molecule has 8 nitrogen and oxygen atoms in total. The fourth-order valence-corrected chi connectivity index (χ4v) is 4.12. The Kier molecular flexibility index (Phi) is 5.33. The zero-order valence-electron chi connectivity index (χ0n) is 16.5. The van der Waals surface area contributed by atoms with Gasteiger partial charge in [-0.2, -0.15) is 5.10 Å². The highest BCUT2D eigenvalue weighted by Gasteiger charge is 2.31. The first-order valence-corrected chi connectivity index (χ1v) is 10.1. The molecule has 0 saturated carbocycles. The van der Waals surface area contributed by atoms with Crippen molar-refractivity contribution in [1.82, 2.24) is 24.6 Å². The first-order chi connectivity index (χ1) is 14.1. The highest BCUT2D eigenvalue weighted by Crippen LogP contribution is 2.24. The van der Waals surface area contributed by atoms with Gasteiger partial charge in [-0.05, 0) is 36.5 Å². The van der Waals surface area contributed by atoms with Gasteiger partial charge < -0.3 is 14.8 Å². The van der Waals surface area contributed by atoms with E-state index in [2.05, 4.69) is 10.1 Å². The number of aromatic amines is 1. The van der Waals surface area contributed by atoms with Gasteiger partial charge in [-0.1, -0.05) is 19.1 Å². The third-order valence-corrected chi connectivity index (χ3v) is 5.67. The smallest absolute Gasteiger partial charge is 0.261 e. The van der Waals surface area contributed by atoms with Gasteiger partial charge in [0.2, 0.25) is 5.91 Å². The zero-order valence-corrected chi connectivity index (χ0v) is 16.5. The summed E-state index contributed by atoms with van der Waals surface area (Å²) in [4.78, 5) is 44.8. The molecule has 0 aliphatic carbocycles. The second-order valence-electron chi connectivity index (χ2n) is 7.43. The second kappa shape index (κ2) is 8.06. The summed E-state index contributed by atoms with van der Waals surface area (Å²) in [5.74, 6) is -0.225. The van der Waals surface area contributed by atoms with Crippen LogP contribution in [0.4, 0.5) is 0 Å². The Morgan fingerprint density at radius 3 is 2.79 bits per heavy atom. The maximum atomic E-state index is 13.1. The van der Waals surface area contributed by atoms with Gasteiger partial charge in [0, 0.05) is 44.8 Å². The van der Waals surface area contributed by atoms with Crippen molar-refractivity contribution in [2.45, 2.75) is 38.8 Å². The van der Waals surface area contributed by atoms with Gasteiger partial charge in [-0.25, -0.2) is 0 Å². The molecule has 4 heterocycles. The van der Waals surface area contributed by atoms with Crippen LogP contribution in [0, 0.1) is 0 Å². The molecular formula is C21H25N5O3. The molecule has 0 spiro atoms. The summed E-state index contributed by atoms with van der Waals surface area (Å²) in [6.07, 6.45) is 11.0. The van der Waals surface area contributed by atoms with Gasteiger partial charge in [0.05, 0.1) is 0 Å². The monoisotopic (exact) mass is 395 g/mol. The summed E-state index contributed by atoms with van der Waals surface area (Å²) in [7, 11) is 0. The summed E-state index contributed by atoms with van der Waals surface area (Å²) in [5, 5.41) is 4.21. The number of hydrogen-bond donors (Lipinski definition) is 1. The Hall–Kier alpha value is -3.16. The SMILES string of the molecule is CCC(C(=O)N1CCc2c(c[nH]c(=O)c2C(=O)N2CC=CCC2)C1)n1cccn1. The van der Waals surface area contributed by atoms with E-state index >= 15 is 0 Å². The molecule has 0 saturated heterocycles. The minimum atomic E-state index is -0.356. The van der Waals surface area contributed by atoms with Crippen LogP contribution in [0.3, 0.4) is 0 Å². The van der Waals surface area contributed by atoms with Crippen molar-refractivity contribution < 1.29 is 9.59 Å². The molecule has 2 aliphatic heterocycles. The van der Waals surface area contributed by atoms with E-state index in [4.69, 9.17) is 0 Å². The molecule has 0 fully saturated rings. The molecule has 2 aliphatic rings. The largest absolute Gasteiger partial charge is 0.336 e. The molecule has 4 rings (SSSR count). The molecular weight excluding hydrogens is 370 g/mol. The van der Waals surface area contributed by atoms with E-state index in [1.54, 1.807) is 39.1 Å². The number of hydrogen-bond acceptors (Lipinski definition) is 4. The molecule has 0 radical (unpaired) electrons. The summed E-state index contributed by atoms with van der Waals surface area (Å²) >= 11 is 0. The van der Waals surface area contributed by atoms with Crippen molar-refractivity contribution in [2.75, 3.05) is 19.6 Å². The highest BCUT2D eigenvalue weighted by atomic mass is 16.2. The summed E-state index contributed by atoms with van der Waals surface area (Å²) in [5.41, 5.74) is 1.47. The average Bonchev–Trinajstić information content (AvgIpc) is 3.28. The van der Waals surface area contributed by atoms with E-state index in [-0.39, 0.29) is 29.0 Å². The average molecular weight is 395 g/mol. The van der Waals surface area contributed by atoms with Crippen LogP contribution in [0.1, 0.15) is 47.3 Å². The van der Waals surface area contributed by atoms with Gasteiger partial charge >= 0.3 is 0 Å². The molecule has 1 atom stereocenters. The highest BCUT2D eigenvalue weighted by molar-refractivity contribution is 5.96. The minimum absolute atomic E-state index is 0.00194. The van der Waals surface area contributed by atoms with Crippen LogP contribution in [0.2, 0.25) is 0 Å². The lowest BCUT2D eigenvalue weighted by molar-refractivity contribution is -0.136. The van der Waals surface area contributed by atoms with E-state index in [9.17, 15) is 14.4 Å². The van der Waals surface area contributed by atoms with Crippen molar-refractivity contribution in [1.29, 1.82) is 0 Å². The van der Waals surface area contributed by atoms with Crippen LogP contribution in [-0.2, 0) is 17.8 Å². The Morgan fingerprint density at radius 1 is 1.24 bits per heavy atom. The maximum absolute atomic E-state index is 13.1. The van der Waals surface area contributed by atoms with Crippen molar-refractivity contribution in [3.8, 4) is 0 Å². The maximum Gasteiger partial charge on any atom is 0.261 e. The van der Waals surface area contributed by atoms with E-state index < -0.39 is 0 Å². The molecule has 29 heavy (non-hydrogen) atoms. The molecule has 0 bridgehead atoms. The van der Waals surface area contributed by atoms with Crippen molar-refractivity contribution in [2.24, 2.45) is 0 Å². The van der Waals surface area contributed by atoms with E-state index in [0.717, 1.165) is 17.5 Å². The number of rotatable bonds is 4. The first kappa shape index (κ1) is 19.2. The van der Waals surface area contributed by atoms with Crippen LogP contribution in [0.15, 0.2) is 41.6 Å². The van der Waals surface area contributed by atoms with Crippen LogP contribution in [0.5, 0.6) is 0 Å². The lowest BCUT2D eigenvalue weighted by Gasteiger charge is -2.33. The lowest BCUT2D eigenvalue weighted by Crippen LogP contribution is -2.43. The number of carbonyl (C=O) groups is 2. The van der Waals surface area contributed by atoms with Gasteiger partial charge in [-0.15, -0.1) is 0 Å². The topological polar surface area (TPSA) is 91.3 Å². The van der Waals surface area contributed by atoms with Crippen molar-refractivity contribution in [3.63, 3.8) is 0 Å². The number of amides is 2. The predicted octanol–water partition coefficient (Wildman–Crippen LogP) is 1.51. The number of fused-ring (bicyclic) bond motifs is 1. The number of H-pyrrole nitrogens is 1. The van der Waals surface area contributed by atoms with Crippen LogP contribution in [-0.4, -0.2) is 56.0 Å². The summed E-state index contributed by atoms with van der Waals surface area (Å²) < 4.78 is 1.68. The molecule has 1 N–H and O–H groups in total. The first-order valence-electron chi connectivity index (χ1n) is 10.1. The molecule has 2 amide bonds. The summed E-state index contributed by atoms with van der Waals surface area (Å²) in [6, 6.07) is 1.45. The Morgan fingerprint density at radius 2 is 2.10 bits per heavy atom. The van der Waals surface area contributed by atoms with E-state index in [1.165, 1.54) is 0 Å². The fourth-order valence-electron chi connectivity index (χ4n) is 4.12. The quantitative estimate of drug-likeness (QED) is 0.795. The van der Waals surface area contributed by atoms with Crippen LogP contribution in [0.25, 0.3) is 0 Å². The minimum Gasteiger partial charge on any atom is -0.336 e. The lowest BCUT2D eigenvalue weighted by atomic mass is 9.95. The molecule has 8 heteroatoms. The fraction of sp³-hybridized carbons (Fsp3) is 0.429. The van der Waals surface area contributed by atoms with Crippen LogP contribution >= 0.6 is 0 Å². The molecule has 2 aromatic heterocycles. The third kappa shape index (κ3) is 3.62. The van der Waals surface area contributed by atoms with Gasteiger partial charge in [0.1, 0.15) is 11.6 Å². The molecule has 1 unspecified atom stereocenters. The Bertz CT molecular complexity index is 992. The van der Waals surface area contributed by atoms with Crippen molar-refractivity contribution >= 4 is 11.8 Å². The second-order valence-corrected chi connectivity index (χ2v) is 7.43. The predicted molar refractivity (Wildman–Crippen MR) is 107 cm³/mol. The Labute approximate surface area is 168 Å². The number of carbonyl (C=O) groups excluding carboxylic acids is 2. The number of aromatic nitrogens is 3. The number of nitrogens with zero attached hydrogens (tertiary/aromatic N) is 4. The van der Waals surface area contributed by atoms with Gasteiger partial charge in [-0.3, -0.25) is 19.1 Å².